The van der Waals surface area contributed by atoms with Crippen molar-refractivity contribution in [1.82, 2.24) is 19.9 Å². The number of hydrogen-bond donors (Lipinski definition) is 12. The Morgan fingerprint density at radius 3 is 0.632 bits per heavy atom. The summed E-state index contributed by atoms with van der Waals surface area (Å²) in [7, 11) is -19.5. The van der Waals surface area contributed by atoms with Crippen LogP contribution in [-0.4, -0.2) is 59.1 Å². The highest BCUT2D eigenvalue weighted by Gasteiger charge is 2.23. The molecule has 5 heterocycles. The van der Waals surface area contributed by atoms with E-state index >= 15 is 0 Å². The van der Waals surface area contributed by atoms with Crippen molar-refractivity contribution in [2.24, 2.45) is 0 Å². The molecule has 1 aliphatic rings. The molecular weight excluding hydrogens is 964 g/mol. The molecule has 0 amide bonds. The summed E-state index contributed by atoms with van der Waals surface area (Å²) in [6, 6.07) is 39.0. The quantitative estimate of drug-likeness (QED) is 0.0764. The van der Waals surface area contributed by atoms with Crippen molar-refractivity contribution < 1.29 is 75.5 Å². The van der Waals surface area contributed by atoms with Crippen LogP contribution in [0.4, 0.5) is 0 Å². The van der Waals surface area contributed by atoms with Crippen LogP contribution in [0.25, 0.3) is 22.3 Å². The van der Waals surface area contributed by atoms with Gasteiger partial charge in [-0.2, -0.15) is 0 Å². The highest BCUT2D eigenvalue weighted by molar-refractivity contribution is 7.47. The lowest BCUT2D eigenvalue weighted by Gasteiger charge is -2.12. The first-order valence-electron chi connectivity index (χ1n) is 19.8. The number of benzene rings is 4. The molecule has 8 aromatic rings. The molecule has 0 saturated heterocycles. The molecule has 0 unspecified atom stereocenters. The summed E-state index contributed by atoms with van der Waals surface area (Å²) < 4.78 is 66.1. The standard InChI is InChI=1S/C44H36N4O16P4/c49-65(50,51)61-29-9-1-25(2-10-29)41-33-17-19-35(45-33)42(26-3-11-30(12-4-26)62-66(52,53)54)37-21-23-39(47-37)44(28-7-15-32(16-8-28)64-68(58,59)60)40-24-22-38(48-40)43(36-20-18-34(41)46-36)27-5-13-31(14-6-27)63-67(55,56)57/h1-24,45-48H,(H2,49,50,51)(H2,52,53,54)(H2,55,56,57)(H2,58,59,60). The average Bonchev–Trinajstić information content (AvgIpc) is 4.09. The number of phosphoric acid groups is 4. The van der Waals surface area contributed by atoms with E-state index in [0.717, 1.165) is 0 Å². The van der Waals surface area contributed by atoms with E-state index in [1.165, 1.54) is 48.5 Å². The minimum Gasteiger partial charge on any atom is -0.404 e. The summed E-state index contributed by atoms with van der Waals surface area (Å²) in [4.78, 5) is 89.9. The number of H-pyrrole nitrogens is 4. The second-order valence-corrected chi connectivity index (χ2v) is 19.7. The van der Waals surface area contributed by atoms with Crippen molar-refractivity contribution in [1.29, 1.82) is 0 Å². The molecule has 12 N–H and O–H groups in total. The summed E-state index contributed by atoms with van der Waals surface area (Å²) in [5, 5.41) is 2.29. The zero-order valence-corrected chi connectivity index (χ0v) is 38.1. The second-order valence-electron chi connectivity index (χ2n) is 15.1. The van der Waals surface area contributed by atoms with Crippen molar-refractivity contribution in [3.05, 3.63) is 212 Å². The lowest BCUT2D eigenvalue weighted by molar-refractivity contribution is 0.281. The van der Waals surface area contributed by atoms with Gasteiger partial charge in [0.2, 0.25) is 0 Å². The summed E-state index contributed by atoms with van der Waals surface area (Å²) >= 11 is 0. The Labute approximate surface area is 382 Å². The van der Waals surface area contributed by atoms with E-state index in [1.807, 2.05) is 48.5 Å². The molecule has 0 spiro atoms. The van der Waals surface area contributed by atoms with Gasteiger partial charge in [0.05, 0.1) is 0 Å². The van der Waals surface area contributed by atoms with Crippen LogP contribution in [0.15, 0.2) is 146 Å². The Kier molecular flexibility index (Phi) is 12.1. The van der Waals surface area contributed by atoms with E-state index < -0.39 is 31.3 Å². The fourth-order valence-corrected chi connectivity index (χ4v) is 9.44. The maximum absolute atomic E-state index is 11.7. The summed E-state index contributed by atoms with van der Waals surface area (Å²) in [5.41, 5.74) is 7.07. The smallest absolute Gasteiger partial charge is 0.404 e. The van der Waals surface area contributed by atoms with Gasteiger partial charge < -0.3 is 38.0 Å². The molecule has 24 heteroatoms. The zero-order chi connectivity index (χ0) is 48.2. The molecule has 20 nitrogen and oxygen atoms in total. The SMILES string of the molecule is O=P(O)(O)Oc1ccc(C2=c3ccc([nH]3)=C(c3ccc(OP(=O)(O)O)cc3)c3ccc([nH]3)C(c3ccc(OP(=O)(O)O)cc3)=c3ccc([nH]3)=C(c3ccc(OP(=O)(O)O)cc3)c3ccc2[nH]3)cc1. The molecule has 0 atom stereocenters. The van der Waals surface area contributed by atoms with Crippen molar-refractivity contribution in [3.8, 4) is 23.0 Å². The first kappa shape index (κ1) is 46.4. The van der Waals surface area contributed by atoms with Gasteiger partial charge in [0.25, 0.3) is 0 Å². The van der Waals surface area contributed by atoms with Crippen LogP contribution in [0, 0.1) is 0 Å². The molecule has 348 valence electrons. The molecule has 0 aliphatic carbocycles. The first-order chi connectivity index (χ1) is 32.1. The minimum absolute atomic E-state index is 0.0782. The molecule has 0 fully saturated rings. The van der Waals surface area contributed by atoms with E-state index in [0.29, 0.717) is 88.7 Å². The molecule has 1 aliphatic heterocycles. The molecule has 0 radical (unpaired) electrons. The van der Waals surface area contributed by atoms with Gasteiger partial charge in [-0.1, -0.05) is 48.5 Å². The number of rotatable bonds is 12. The Bertz CT molecular complexity index is 3190. The van der Waals surface area contributed by atoms with Gasteiger partial charge in [-0.3, -0.25) is 39.1 Å². The van der Waals surface area contributed by atoms with E-state index in [9.17, 15) is 57.4 Å². The van der Waals surface area contributed by atoms with Gasteiger partial charge in [-0.25, -0.2) is 18.3 Å². The first-order valence-corrected chi connectivity index (χ1v) is 25.9. The van der Waals surface area contributed by atoms with Gasteiger partial charge in [0, 0.05) is 66.5 Å². The predicted molar refractivity (Wildman–Crippen MR) is 245 cm³/mol. The van der Waals surface area contributed by atoms with Crippen LogP contribution in [0.1, 0.15) is 45.0 Å². The molecule has 8 bridgehead atoms. The number of hydrogen-bond acceptors (Lipinski definition) is 8. The van der Waals surface area contributed by atoms with Crippen molar-refractivity contribution in [2.75, 3.05) is 0 Å². The van der Waals surface area contributed by atoms with E-state index in [-0.39, 0.29) is 23.0 Å². The van der Waals surface area contributed by atoms with Crippen LogP contribution in [0.2, 0.25) is 0 Å². The Balaban J connectivity index is 1.34. The number of aromatic nitrogens is 4. The van der Waals surface area contributed by atoms with Crippen LogP contribution in [0.3, 0.4) is 0 Å². The summed E-state index contributed by atoms with van der Waals surface area (Å²) in [5.74, 6) is -0.313. The molecule has 4 aromatic heterocycles. The van der Waals surface area contributed by atoms with Crippen LogP contribution in [-0.2, 0) is 18.3 Å². The molecule has 4 aromatic carbocycles. The predicted octanol–water partition coefficient (Wildman–Crippen LogP) is 4.19. The average molecular weight is 1000 g/mol. The summed E-state index contributed by atoms with van der Waals surface area (Å²) in [6.45, 7) is 0. The van der Waals surface area contributed by atoms with Gasteiger partial charge in [0.15, 0.2) is 0 Å². The molecule has 68 heavy (non-hydrogen) atoms. The lowest BCUT2D eigenvalue weighted by atomic mass is 10.0. The normalized spacial score (nSPS) is 13.4. The maximum Gasteiger partial charge on any atom is 0.524 e. The van der Waals surface area contributed by atoms with Gasteiger partial charge in [-0.15, -0.1) is 0 Å². The van der Waals surface area contributed by atoms with Crippen molar-refractivity contribution in [2.45, 2.75) is 0 Å². The molecule has 0 saturated carbocycles. The van der Waals surface area contributed by atoms with E-state index in [1.54, 1.807) is 48.5 Å². The number of aromatic amines is 4. The maximum atomic E-state index is 11.7. The third kappa shape index (κ3) is 10.7. The fourth-order valence-electron chi connectivity index (χ4n) is 7.85. The monoisotopic (exact) mass is 1000 g/mol. The third-order valence-electron chi connectivity index (χ3n) is 10.4. The Morgan fingerprint density at radius 1 is 0.265 bits per heavy atom. The van der Waals surface area contributed by atoms with Gasteiger partial charge in [-0.05, 0) is 119 Å². The summed E-state index contributed by atoms with van der Waals surface area (Å²) in [6.07, 6.45) is 0. The van der Waals surface area contributed by atoms with E-state index in [4.69, 9.17) is 18.1 Å². The zero-order valence-electron chi connectivity index (χ0n) is 34.5. The number of fused-ring (bicyclic) bond motifs is 8. The van der Waals surface area contributed by atoms with Gasteiger partial charge >= 0.3 is 31.3 Å². The molecule has 9 rings (SSSR count). The number of phosphoric ester groups is 4. The number of nitrogens with one attached hydrogen (secondary N) is 4. The Hall–Kier alpha value is -6.72. The fraction of sp³-hybridized carbons (Fsp3) is 0. The highest BCUT2D eigenvalue weighted by Crippen LogP contribution is 2.41. The largest absolute Gasteiger partial charge is 0.524 e. The van der Waals surface area contributed by atoms with Crippen LogP contribution in [0.5, 0.6) is 23.0 Å². The highest BCUT2D eigenvalue weighted by atomic mass is 31.2. The van der Waals surface area contributed by atoms with Gasteiger partial charge in [0.1, 0.15) is 23.0 Å². The van der Waals surface area contributed by atoms with Crippen molar-refractivity contribution in [3.63, 3.8) is 0 Å². The second kappa shape index (κ2) is 17.7. The Morgan fingerprint density at radius 2 is 0.456 bits per heavy atom. The van der Waals surface area contributed by atoms with E-state index in [2.05, 4.69) is 19.9 Å². The van der Waals surface area contributed by atoms with Crippen LogP contribution >= 0.6 is 31.3 Å². The third-order valence-corrected chi connectivity index (χ3v) is 12.2. The minimum atomic E-state index is -4.88. The topological polar surface area (TPSA) is 330 Å². The van der Waals surface area contributed by atoms with Crippen molar-refractivity contribution >= 4 is 53.6 Å². The molecular formula is C44H36N4O16P4. The van der Waals surface area contributed by atoms with Crippen LogP contribution < -0.4 is 39.5 Å². The lowest BCUT2D eigenvalue weighted by Crippen LogP contribution is -2.19.